The summed E-state index contributed by atoms with van der Waals surface area (Å²) in [5, 5.41) is 1.57. The smallest absolute Gasteiger partial charge is 0.457 e. The molecule has 0 aliphatic carbocycles. The van der Waals surface area contributed by atoms with Gasteiger partial charge in [0, 0.05) is 168 Å². The number of carbonyl (C=O) groups excluding carboxylic acids is 6. The van der Waals surface area contributed by atoms with Gasteiger partial charge in [0.15, 0.2) is 0 Å². The van der Waals surface area contributed by atoms with Crippen molar-refractivity contribution in [2.45, 2.75) is 156 Å². The van der Waals surface area contributed by atoms with E-state index in [0.29, 0.717) is 81.5 Å². The number of hydrogen-bond acceptors (Lipinski definition) is 27. The lowest BCUT2D eigenvalue weighted by atomic mass is 9.80. The molecular weight excluding hydrogens is 1790 g/mol. The molecule has 31 nitrogen and oxygen atoms in total. The molecule has 2 aliphatic rings. The zero-order valence-corrected chi connectivity index (χ0v) is 85.0. The number of nitrogens with zero attached hydrogens (tertiary/aromatic N) is 4. The van der Waals surface area contributed by atoms with Crippen molar-refractivity contribution in [1.29, 1.82) is 0 Å². The number of fused-ring (bicyclic) bond motifs is 2. The second kappa shape index (κ2) is 50.3. The van der Waals surface area contributed by atoms with E-state index in [-0.39, 0.29) is 206 Å². The highest BCUT2D eigenvalue weighted by atomic mass is 28.4. The molecule has 0 bridgehead atoms. The van der Waals surface area contributed by atoms with E-state index in [9.17, 15) is 0 Å². The lowest BCUT2D eigenvalue weighted by Crippen LogP contribution is -2.57. The molecule has 2 unspecified atom stereocenters. The molecule has 9 aromatic carbocycles. The highest BCUT2D eigenvalue weighted by molar-refractivity contribution is 6.62. The Labute approximate surface area is 791 Å². The zero-order valence-electron chi connectivity index (χ0n) is 81.0. The molecule has 11 rings (SSSR count). The fourth-order valence-electron chi connectivity index (χ4n) is 16.9. The Kier molecular flexibility index (Phi) is 39.5. The van der Waals surface area contributed by atoms with E-state index in [2.05, 4.69) is 0 Å². The van der Waals surface area contributed by atoms with Crippen LogP contribution in [0.4, 0.5) is 0 Å². The number of carbonyl (C=O) groups is 6. The average Bonchev–Trinajstić information content (AvgIpc) is 0.668. The first-order valence-electron chi connectivity index (χ1n) is 47.1. The molecule has 9 aromatic rings. The highest BCUT2D eigenvalue weighted by Crippen LogP contribution is 2.58. The van der Waals surface area contributed by atoms with Gasteiger partial charge in [-0.2, -0.15) is 0 Å². The van der Waals surface area contributed by atoms with Crippen LogP contribution in [0, 0.1) is 27.7 Å². The Morgan fingerprint density at radius 3 is 0.746 bits per heavy atom. The summed E-state index contributed by atoms with van der Waals surface area (Å²) in [5.41, 5.74) is 3.29. The van der Waals surface area contributed by atoms with E-state index < -0.39 is 96.0 Å². The van der Waals surface area contributed by atoms with Crippen LogP contribution >= 0.6 is 0 Å². The molecule has 2 aliphatic heterocycles. The molecule has 6 amide bonds. The maximum absolute atomic E-state index is 17.0. The maximum atomic E-state index is 17.0. The van der Waals surface area contributed by atoms with Crippen LogP contribution < -0.4 is 18.9 Å². The van der Waals surface area contributed by atoms with Crippen LogP contribution in [-0.2, 0) is 86.4 Å². The Balaban J connectivity index is 1.18. The molecule has 0 saturated carbocycles. The fourth-order valence-corrected chi connectivity index (χ4v) is 26.2. The standard InChI is InChI=1S/C99H134N4O27Si4/c1-19-110-63-80(98(108)100(51-33-34-58-131(115-21-3,116-22-4)117-23-5)52-55-112-65-132(118-24-6,119-25-7)120-26-8)102-94(104)76-59-82(127-72-43-35-68(15)36-44-72)88-90-84(129-74-47-39-70(17)40-48-74)61-78-87-79(62-85(130-75-49-41-71(18)42-50-75)91(93(87)90)89-83(128-73-45-37-69(16)38-46-73)60-77(95(102)105)86(76)92(88)89)97(107)103(96(78)106)81(64-111-20-2)99(109)101(53-56-113-66-133(121-27-9,122-28-10)123-29-11)54-57-114-67-134(124-30-12,125-31-13)126-32-14/h35-50,59-62,80-81H,19-34,51-58,63-67H2,1-18H3. The predicted octanol–water partition coefficient (Wildman–Crippen LogP) is 17.4. The van der Waals surface area contributed by atoms with Crippen molar-refractivity contribution in [2.75, 3.05) is 170 Å². The number of rotatable bonds is 62. The van der Waals surface area contributed by atoms with Crippen LogP contribution in [-0.4, -0.2) is 273 Å². The minimum Gasteiger partial charge on any atom is -0.457 e. The minimum atomic E-state index is -3.41. The Hall–Kier alpha value is -9.11. The molecule has 0 spiro atoms. The maximum Gasteiger partial charge on any atom is 0.528 e. The molecule has 0 radical (unpaired) electrons. The summed E-state index contributed by atoms with van der Waals surface area (Å²) in [5.74, 6) is -3.60. The number of ether oxygens (including phenoxy) is 9. The first-order chi connectivity index (χ1) is 64.8. The summed E-state index contributed by atoms with van der Waals surface area (Å²) in [6.07, 6.45) is 0.722. The molecule has 134 heavy (non-hydrogen) atoms. The van der Waals surface area contributed by atoms with Crippen molar-refractivity contribution < 1.29 is 125 Å². The second-order valence-electron chi connectivity index (χ2n) is 31.9. The lowest BCUT2D eigenvalue weighted by molar-refractivity contribution is -0.139. The van der Waals surface area contributed by atoms with Crippen LogP contribution in [0.2, 0.25) is 6.04 Å². The van der Waals surface area contributed by atoms with E-state index in [0.717, 1.165) is 32.1 Å². The SMILES string of the molecule is CCOCC(C(=O)N(CCCC[Si](OCC)(OCC)OCC)CCOC[Si](OCC)(OCC)OCC)N1C(=O)c2cc(Oc3ccc(C)cc3)c3c4c(Oc5ccc(C)cc5)cc5c6c(cc(Oc7ccc(C)cc7)c(c7c(Oc8ccc(C)cc8)cc(c2c37)C1=O)c64)C(=O)N(C(COCC)C(=O)N(CCOC[Si](OCC)(OCC)OCC)CCOC[Si](OCC)(OCC)OCC)C5=O. The van der Waals surface area contributed by atoms with E-state index in [1.54, 1.807) is 91.5 Å². The molecule has 0 fully saturated rings. The topological polar surface area (TPSA) is 309 Å². The number of benzene rings is 9. The molecule has 728 valence electrons. The van der Waals surface area contributed by atoms with E-state index in [1.165, 1.54) is 4.90 Å². The van der Waals surface area contributed by atoms with Crippen LogP contribution in [0.25, 0.3) is 43.1 Å². The van der Waals surface area contributed by atoms with Crippen molar-refractivity contribution in [3.05, 3.63) is 166 Å². The fraction of sp³-hybridized carbons (Fsp3) is 0.495. The van der Waals surface area contributed by atoms with E-state index in [4.69, 9.17) is 95.7 Å². The number of amides is 6. The third-order valence-corrected chi connectivity index (χ3v) is 34.0. The summed E-state index contributed by atoms with van der Waals surface area (Å²) in [6.45, 7) is 36.0. The van der Waals surface area contributed by atoms with Crippen molar-refractivity contribution >= 4 is 114 Å². The van der Waals surface area contributed by atoms with E-state index >= 15 is 28.8 Å². The van der Waals surface area contributed by atoms with Gasteiger partial charge in [-0.3, -0.25) is 38.6 Å². The monoisotopic (exact) mass is 1920 g/mol. The van der Waals surface area contributed by atoms with Crippen LogP contribution in [0.3, 0.4) is 0 Å². The van der Waals surface area contributed by atoms with Crippen LogP contribution in [0.1, 0.15) is 173 Å². The highest BCUT2D eigenvalue weighted by Gasteiger charge is 2.50. The molecule has 0 saturated heterocycles. The molecule has 0 aromatic heterocycles. The van der Waals surface area contributed by atoms with Gasteiger partial charge in [-0.1, -0.05) is 70.8 Å². The van der Waals surface area contributed by atoms with Crippen LogP contribution in [0.5, 0.6) is 46.0 Å². The summed E-state index contributed by atoms with van der Waals surface area (Å²) < 4.78 is 135. The second-order valence-corrected chi connectivity index (χ2v) is 42.1. The number of hydrogen-bond donors (Lipinski definition) is 0. The summed E-state index contributed by atoms with van der Waals surface area (Å²) in [7, 11) is -13.4. The third-order valence-electron chi connectivity index (χ3n) is 22.6. The van der Waals surface area contributed by atoms with Gasteiger partial charge >= 0.3 is 35.2 Å². The quantitative estimate of drug-likeness (QED) is 0.0112. The van der Waals surface area contributed by atoms with Crippen LogP contribution in [0.15, 0.2) is 121 Å². The van der Waals surface area contributed by atoms with Gasteiger partial charge in [-0.15, -0.1) is 0 Å². The number of imide groups is 2. The average molecular weight is 1920 g/mol. The first-order valence-corrected chi connectivity index (χ1v) is 54.8. The normalized spacial score (nSPS) is 13.7. The largest absolute Gasteiger partial charge is 0.528 e. The molecule has 35 heteroatoms. The number of aryl methyl sites for hydroxylation is 4. The molecule has 2 heterocycles. The lowest BCUT2D eigenvalue weighted by Gasteiger charge is -2.37. The van der Waals surface area contributed by atoms with Crippen molar-refractivity contribution in [3.8, 4) is 46.0 Å². The molecule has 2 atom stereocenters. The summed E-state index contributed by atoms with van der Waals surface area (Å²) >= 11 is 0. The predicted molar refractivity (Wildman–Crippen MR) is 516 cm³/mol. The zero-order chi connectivity index (χ0) is 96.3. The van der Waals surface area contributed by atoms with E-state index in [1.807, 2.05) is 159 Å². The first kappa shape index (κ1) is 105. The van der Waals surface area contributed by atoms with Crippen molar-refractivity contribution in [2.24, 2.45) is 0 Å². The Morgan fingerprint density at radius 2 is 0.515 bits per heavy atom. The summed E-state index contributed by atoms with van der Waals surface area (Å²) in [4.78, 5) is 106. The Bertz CT molecular complexity index is 4700. The van der Waals surface area contributed by atoms with Gasteiger partial charge in [0.25, 0.3) is 23.6 Å². The molecule has 0 N–H and O–H groups in total. The number of unbranched alkanes of at least 4 members (excludes halogenated alkanes) is 1. The van der Waals surface area contributed by atoms with Gasteiger partial charge in [0.05, 0.1) is 55.3 Å². The van der Waals surface area contributed by atoms with Crippen molar-refractivity contribution in [3.63, 3.8) is 0 Å². The van der Waals surface area contributed by atoms with Gasteiger partial charge in [-0.25, -0.2) is 0 Å². The minimum absolute atomic E-state index is 0.0184. The van der Waals surface area contributed by atoms with Gasteiger partial charge in [-0.05, 0) is 210 Å². The molecular formula is C99H134N4O27Si4. The van der Waals surface area contributed by atoms with Crippen molar-refractivity contribution in [1.82, 2.24) is 19.6 Å². The Morgan fingerprint density at radius 1 is 0.284 bits per heavy atom. The van der Waals surface area contributed by atoms with Gasteiger partial charge < -0.3 is 106 Å². The third kappa shape index (κ3) is 24.9. The van der Waals surface area contributed by atoms with Gasteiger partial charge in [0.1, 0.15) is 76.8 Å². The van der Waals surface area contributed by atoms with Gasteiger partial charge in [0.2, 0.25) is 11.8 Å². The summed E-state index contributed by atoms with van der Waals surface area (Å²) in [6, 6.07) is 32.5.